The predicted molar refractivity (Wildman–Crippen MR) is 86.7 cm³/mol. The van der Waals surface area contributed by atoms with Crippen LogP contribution in [0, 0.1) is 11.8 Å². The Labute approximate surface area is 133 Å². The summed E-state index contributed by atoms with van der Waals surface area (Å²) >= 11 is 0. The van der Waals surface area contributed by atoms with Crippen molar-refractivity contribution in [1.82, 2.24) is 5.32 Å². The number of carbonyl (C=O) groups excluding carboxylic acids is 1. The van der Waals surface area contributed by atoms with E-state index in [0.29, 0.717) is 18.2 Å². The second-order valence-corrected chi connectivity index (χ2v) is 7.87. The van der Waals surface area contributed by atoms with Crippen molar-refractivity contribution in [3.8, 4) is 5.75 Å². The highest BCUT2D eigenvalue weighted by molar-refractivity contribution is 7.91. The molecule has 6 heteroatoms. The monoisotopic (exact) mass is 327 g/mol. The number of hydrogen-bond donors (Lipinski definition) is 1. The molecule has 1 unspecified atom stereocenters. The fraction of sp³-hybridized carbons (Fsp3) is 0.562. The number of rotatable bonds is 8. The van der Waals surface area contributed by atoms with E-state index in [1.807, 2.05) is 0 Å². The highest BCUT2D eigenvalue weighted by atomic mass is 32.2. The van der Waals surface area contributed by atoms with Crippen molar-refractivity contribution in [3.05, 3.63) is 24.3 Å². The van der Waals surface area contributed by atoms with Gasteiger partial charge < -0.3 is 10.1 Å². The van der Waals surface area contributed by atoms with Crippen LogP contribution in [-0.2, 0) is 14.6 Å². The third-order valence-electron chi connectivity index (χ3n) is 3.36. The number of methoxy groups -OCH3 is 1. The van der Waals surface area contributed by atoms with Crippen molar-refractivity contribution in [2.45, 2.75) is 32.1 Å². The Morgan fingerprint density at radius 1 is 1.18 bits per heavy atom. The van der Waals surface area contributed by atoms with Crippen molar-refractivity contribution in [1.29, 1.82) is 0 Å². The average Bonchev–Trinajstić information content (AvgIpc) is 2.46. The summed E-state index contributed by atoms with van der Waals surface area (Å²) in [6, 6.07) is 6.19. The lowest BCUT2D eigenvalue weighted by Crippen LogP contribution is -2.34. The summed E-state index contributed by atoms with van der Waals surface area (Å²) in [5.41, 5.74) is 0. The molecular formula is C16H25NO4S. The van der Waals surface area contributed by atoms with E-state index in [4.69, 9.17) is 4.74 Å². The third kappa shape index (κ3) is 5.67. The molecule has 5 nitrogen and oxygen atoms in total. The number of hydrogen-bond acceptors (Lipinski definition) is 4. The normalized spacial score (nSPS) is 13.0. The van der Waals surface area contributed by atoms with Gasteiger partial charge in [-0.05, 0) is 36.6 Å². The van der Waals surface area contributed by atoms with E-state index in [2.05, 4.69) is 19.2 Å². The fourth-order valence-electron chi connectivity index (χ4n) is 1.94. The van der Waals surface area contributed by atoms with E-state index in [-0.39, 0.29) is 16.6 Å². The number of amides is 1. The van der Waals surface area contributed by atoms with Gasteiger partial charge in [0.05, 0.1) is 17.8 Å². The van der Waals surface area contributed by atoms with E-state index in [1.54, 1.807) is 19.1 Å². The Bertz CT molecular complexity index is 579. The van der Waals surface area contributed by atoms with Crippen molar-refractivity contribution < 1.29 is 17.9 Å². The summed E-state index contributed by atoms with van der Waals surface area (Å²) in [5, 5.41) is 2.78. The van der Waals surface area contributed by atoms with Gasteiger partial charge in [0.1, 0.15) is 5.75 Å². The second kappa shape index (κ2) is 8.17. The molecule has 1 N–H and O–H groups in total. The van der Waals surface area contributed by atoms with Crippen molar-refractivity contribution >= 4 is 15.7 Å². The van der Waals surface area contributed by atoms with Gasteiger partial charge in [-0.15, -0.1) is 0 Å². The first-order chi connectivity index (χ1) is 10.3. The van der Waals surface area contributed by atoms with E-state index < -0.39 is 15.8 Å². The highest BCUT2D eigenvalue weighted by Crippen LogP contribution is 2.18. The van der Waals surface area contributed by atoms with Crippen LogP contribution in [0.3, 0.4) is 0 Å². The van der Waals surface area contributed by atoms with Gasteiger partial charge in [0.15, 0.2) is 9.84 Å². The first-order valence-corrected chi connectivity index (χ1v) is 9.06. The Balaban J connectivity index is 2.64. The molecule has 124 valence electrons. The second-order valence-electron chi connectivity index (χ2n) is 5.83. The summed E-state index contributed by atoms with van der Waals surface area (Å²) in [4.78, 5) is 12.1. The van der Waals surface area contributed by atoms with Crippen molar-refractivity contribution in [2.75, 3.05) is 19.4 Å². The molecule has 0 aliphatic carbocycles. The Hall–Kier alpha value is -1.56. The predicted octanol–water partition coefficient (Wildman–Crippen LogP) is 2.27. The first kappa shape index (κ1) is 18.5. The van der Waals surface area contributed by atoms with Gasteiger partial charge in [0.2, 0.25) is 5.91 Å². The molecule has 0 radical (unpaired) electrons. The number of benzene rings is 1. The summed E-state index contributed by atoms with van der Waals surface area (Å²) in [6.45, 7) is 6.35. The Kier molecular flexibility index (Phi) is 6.87. The fourth-order valence-corrected chi connectivity index (χ4v) is 3.50. The summed E-state index contributed by atoms with van der Waals surface area (Å²) in [6.07, 6.45) is 0.879. The van der Waals surface area contributed by atoms with Crippen LogP contribution >= 0.6 is 0 Å². The average molecular weight is 327 g/mol. The van der Waals surface area contributed by atoms with Crippen LogP contribution in [0.15, 0.2) is 29.2 Å². The standard InChI is InChI=1S/C16H25NO4S/c1-12(2)9-10-17-16(18)13(3)11-22(19,20)15-7-5-14(21-4)6-8-15/h5-8,12-13H,9-11H2,1-4H3,(H,17,18). The molecule has 0 spiro atoms. The van der Waals surface area contributed by atoms with Gasteiger partial charge in [0.25, 0.3) is 0 Å². The lowest BCUT2D eigenvalue weighted by molar-refractivity contribution is -0.123. The van der Waals surface area contributed by atoms with Crippen LogP contribution < -0.4 is 10.1 Å². The van der Waals surface area contributed by atoms with Crippen LogP contribution in [0.4, 0.5) is 0 Å². The lowest BCUT2D eigenvalue weighted by Gasteiger charge is -2.13. The largest absolute Gasteiger partial charge is 0.497 e. The van der Waals surface area contributed by atoms with Gasteiger partial charge in [-0.1, -0.05) is 20.8 Å². The molecule has 1 aromatic carbocycles. The topological polar surface area (TPSA) is 72.5 Å². The molecule has 1 atom stereocenters. The number of sulfone groups is 1. The molecule has 22 heavy (non-hydrogen) atoms. The Morgan fingerprint density at radius 2 is 1.77 bits per heavy atom. The quantitative estimate of drug-likeness (QED) is 0.795. The zero-order valence-corrected chi connectivity index (χ0v) is 14.4. The van der Waals surface area contributed by atoms with Gasteiger partial charge in [-0.25, -0.2) is 8.42 Å². The minimum Gasteiger partial charge on any atom is -0.497 e. The molecule has 0 aliphatic rings. The molecule has 1 amide bonds. The van der Waals surface area contributed by atoms with Crippen LogP contribution in [0.2, 0.25) is 0 Å². The van der Waals surface area contributed by atoms with E-state index in [9.17, 15) is 13.2 Å². The van der Waals surface area contributed by atoms with Crippen LogP contribution in [-0.4, -0.2) is 33.7 Å². The molecule has 0 aromatic heterocycles. The van der Waals surface area contributed by atoms with E-state index in [1.165, 1.54) is 19.2 Å². The maximum Gasteiger partial charge on any atom is 0.223 e. The van der Waals surface area contributed by atoms with E-state index in [0.717, 1.165) is 6.42 Å². The van der Waals surface area contributed by atoms with Gasteiger partial charge in [0, 0.05) is 12.5 Å². The first-order valence-electron chi connectivity index (χ1n) is 7.40. The minimum atomic E-state index is -3.49. The molecule has 0 saturated heterocycles. The lowest BCUT2D eigenvalue weighted by atomic mass is 10.1. The SMILES string of the molecule is COc1ccc(S(=O)(=O)CC(C)C(=O)NCCC(C)C)cc1. The van der Waals surface area contributed by atoms with E-state index >= 15 is 0 Å². The van der Waals surface area contributed by atoms with Crippen molar-refractivity contribution in [3.63, 3.8) is 0 Å². The van der Waals surface area contributed by atoms with Crippen LogP contribution in [0.5, 0.6) is 5.75 Å². The van der Waals surface area contributed by atoms with Gasteiger partial charge in [-0.2, -0.15) is 0 Å². The van der Waals surface area contributed by atoms with Gasteiger partial charge >= 0.3 is 0 Å². The van der Waals surface area contributed by atoms with Crippen LogP contribution in [0.25, 0.3) is 0 Å². The zero-order chi connectivity index (χ0) is 16.8. The maximum atomic E-state index is 12.3. The zero-order valence-electron chi connectivity index (χ0n) is 13.6. The summed E-state index contributed by atoms with van der Waals surface area (Å²) in [7, 11) is -1.97. The minimum absolute atomic E-state index is 0.202. The molecule has 0 aliphatic heterocycles. The van der Waals surface area contributed by atoms with Crippen LogP contribution in [0.1, 0.15) is 27.2 Å². The summed E-state index contributed by atoms with van der Waals surface area (Å²) < 4.78 is 29.6. The smallest absolute Gasteiger partial charge is 0.223 e. The highest BCUT2D eigenvalue weighted by Gasteiger charge is 2.23. The molecule has 1 aromatic rings. The third-order valence-corrected chi connectivity index (χ3v) is 5.29. The summed E-state index contributed by atoms with van der Waals surface area (Å²) in [5.74, 6) is 0.0846. The Morgan fingerprint density at radius 3 is 2.27 bits per heavy atom. The number of ether oxygens (including phenoxy) is 1. The molecule has 0 bridgehead atoms. The molecule has 1 rings (SSSR count). The molecule has 0 fully saturated rings. The number of nitrogens with one attached hydrogen (secondary N) is 1. The molecule has 0 heterocycles. The number of carbonyl (C=O) groups is 1. The molecule has 0 saturated carbocycles. The van der Waals surface area contributed by atoms with Crippen molar-refractivity contribution in [2.24, 2.45) is 11.8 Å². The van der Waals surface area contributed by atoms with Gasteiger partial charge in [-0.3, -0.25) is 4.79 Å². The maximum absolute atomic E-state index is 12.3. The molecular weight excluding hydrogens is 302 g/mol.